The maximum Gasteiger partial charge on any atom is 0.337 e. The molecule has 5 nitrogen and oxygen atoms in total. The van der Waals surface area contributed by atoms with E-state index >= 15 is 0 Å². The zero-order valence-electron chi connectivity index (χ0n) is 11.6. The van der Waals surface area contributed by atoms with E-state index < -0.39 is 5.97 Å². The van der Waals surface area contributed by atoms with Gasteiger partial charge < -0.3 is 19.9 Å². The lowest BCUT2D eigenvalue weighted by atomic mass is 10.1. The fraction of sp³-hybridized carbons (Fsp3) is 0.188. The Bertz CT molecular complexity index is 697. The van der Waals surface area contributed by atoms with Gasteiger partial charge >= 0.3 is 5.97 Å². The number of rotatable bonds is 4. The Kier molecular flexibility index (Phi) is 3.39. The molecular weight excluding hydrogens is 270 g/mol. The van der Waals surface area contributed by atoms with Crippen molar-refractivity contribution in [3.63, 3.8) is 0 Å². The van der Waals surface area contributed by atoms with Gasteiger partial charge in [-0.1, -0.05) is 12.1 Å². The predicted molar refractivity (Wildman–Crippen MR) is 78.0 cm³/mol. The van der Waals surface area contributed by atoms with Crippen molar-refractivity contribution in [2.24, 2.45) is 0 Å². The van der Waals surface area contributed by atoms with Crippen LogP contribution in [0.3, 0.4) is 0 Å². The molecule has 1 aliphatic rings. The number of carbonyl (C=O) groups is 1. The first-order chi connectivity index (χ1) is 10.1. The van der Waals surface area contributed by atoms with Crippen LogP contribution in [0.2, 0.25) is 0 Å². The first-order valence-corrected chi connectivity index (χ1v) is 6.60. The molecule has 0 bridgehead atoms. The van der Waals surface area contributed by atoms with E-state index in [9.17, 15) is 9.90 Å². The summed E-state index contributed by atoms with van der Waals surface area (Å²) in [6.45, 7) is 2.69. The van der Waals surface area contributed by atoms with E-state index in [1.807, 2.05) is 31.2 Å². The monoisotopic (exact) mass is 285 g/mol. The number of hydrogen-bond donors (Lipinski definition) is 2. The number of ether oxygens (including phenoxy) is 2. The van der Waals surface area contributed by atoms with Crippen molar-refractivity contribution in [3.05, 3.63) is 53.1 Å². The topological polar surface area (TPSA) is 67.8 Å². The molecule has 2 aromatic rings. The summed E-state index contributed by atoms with van der Waals surface area (Å²) in [5.41, 5.74) is 2.88. The van der Waals surface area contributed by atoms with E-state index in [1.165, 1.54) is 0 Å². The number of carboxylic acids is 1. The van der Waals surface area contributed by atoms with Gasteiger partial charge in [-0.2, -0.15) is 0 Å². The summed E-state index contributed by atoms with van der Waals surface area (Å²) < 4.78 is 10.6. The highest BCUT2D eigenvalue weighted by molar-refractivity contribution is 5.94. The molecule has 5 heteroatoms. The lowest BCUT2D eigenvalue weighted by molar-refractivity contribution is 0.0698. The summed E-state index contributed by atoms with van der Waals surface area (Å²) in [5, 5.41) is 12.4. The van der Waals surface area contributed by atoms with Gasteiger partial charge in [0, 0.05) is 12.2 Å². The molecule has 0 saturated carbocycles. The standard InChI is InChI=1S/C16H15NO4/c1-10-2-4-12(16(18)19)13(6-10)17-8-11-3-5-14-15(7-11)21-9-20-14/h2-7,17H,8-9H2,1H3,(H,18,19). The van der Waals surface area contributed by atoms with Gasteiger partial charge in [-0.15, -0.1) is 0 Å². The Morgan fingerprint density at radius 2 is 2.00 bits per heavy atom. The minimum absolute atomic E-state index is 0.243. The van der Waals surface area contributed by atoms with E-state index in [1.54, 1.807) is 12.1 Å². The summed E-state index contributed by atoms with van der Waals surface area (Å²) in [4.78, 5) is 11.2. The average Bonchev–Trinajstić information content (AvgIpc) is 2.92. The molecule has 0 aliphatic carbocycles. The minimum atomic E-state index is -0.941. The third kappa shape index (κ3) is 2.76. The molecule has 0 radical (unpaired) electrons. The van der Waals surface area contributed by atoms with Crippen LogP contribution in [0, 0.1) is 6.92 Å². The van der Waals surface area contributed by atoms with Gasteiger partial charge in [0.05, 0.1) is 5.56 Å². The summed E-state index contributed by atoms with van der Waals surface area (Å²) >= 11 is 0. The molecule has 0 saturated heterocycles. The SMILES string of the molecule is Cc1ccc(C(=O)O)c(NCc2ccc3c(c2)OCO3)c1. The molecule has 0 fully saturated rings. The normalized spacial score (nSPS) is 12.2. The molecule has 0 spiro atoms. The number of hydrogen-bond acceptors (Lipinski definition) is 4. The summed E-state index contributed by atoms with van der Waals surface area (Å²) in [5.74, 6) is 0.515. The highest BCUT2D eigenvalue weighted by atomic mass is 16.7. The molecule has 0 aromatic heterocycles. The number of aromatic carboxylic acids is 1. The second kappa shape index (κ2) is 5.36. The highest BCUT2D eigenvalue weighted by Gasteiger charge is 2.14. The average molecular weight is 285 g/mol. The number of fused-ring (bicyclic) bond motifs is 1. The van der Waals surface area contributed by atoms with Crippen molar-refractivity contribution in [1.82, 2.24) is 0 Å². The molecular formula is C16H15NO4. The first-order valence-electron chi connectivity index (χ1n) is 6.60. The number of benzene rings is 2. The number of aryl methyl sites for hydroxylation is 1. The zero-order chi connectivity index (χ0) is 14.8. The van der Waals surface area contributed by atoms with Gasteiger partial charge in [-0.05, 0) is 42.3 Å². The maximum absolute atomic E-state index is 11.2. The van der Waals surface area contributed by atoms with Crippen LogP contribution in [-0.2, 0) is 6.54 Å². The molecule has 108 valence electrons. The van der Waals surface area contributed by atoms with Crippen LogP contribution >= 0.6 is 0 Å². The van der Waals surface area contributed by atoms with E-state index in [0.29, 0.717) is 12.2 Å². The van der Waals surface area contributed by atoms with Crippen molar-refractivity contribution in [1.29, 1.82) is 0 Å². The Morgan fingerprint density at radius 3 is 2.81 bits per heavy atom. The van der Waals surface area contributed by atoms with Crippen LogP contribution in [0.4, 0.5) is 5.69 Å². The van der Waals surface area contributed by atoms with Crippen LogP contribution < -0.4 is 14.8 Å². The van der Waals surface area contributed by atoms with Crippen molar-refractivity contribution in [3.8, 4) is 11.5 Å². The van der Waals surface area contributed by atoms with Crippen LogP contribution in [0.15, 0.2) is 36.4 Å². The van der Waals surface area contributed by atoms with Crippen molar-refractivity contribution in [2.75, 3.05) is 12.1 Å². The molecule has 21 heavy (non-hydrogen) atoms. The van der Waals surface area contributed by atoms with E-state index in [0.717, 1.165) is 22.6 Å². The lowest BCUT2D eigenvalue weighted by Gasteiger charge is -2.11. The molecule has 0 unspecified atom stereocenters. The number of nitrogens with one attached hydrogen (secondary N) is 1. The van der Waals surface area contributed by atoms with Gasteiger partial charge in [-0.3, -0.25) is 0 Å². The number of carboxylic acid groups (broad SMARTS) is 1. The molecule has 1 aliphatic heterocycles. The van der Waals surface area contributed by atoms with E-state index in [2.05, 4.69) is 5.32 Å². The Morgan fingerprint density at radius 1 is 1.19 bits per heavy atom. The summed E-state index contributed by atoms with van der Waals surface area (Å²) in [6, 6.07) is 10.9. The van der Waals surface area contributed by atoms with Gasteiger partial charge in [0.15, 0.2) is 11.5 Å². The van der Waals surface area contributed by atoms with Crippen LogP contribution in [-0.4, -0.2) is 17.9 Å². The fourth-order valence-corrected chi connectivity index (χ4v) is 2.24. The highest BCUT2D eigenvalue weighted by Crippen LogP contribution is 2.32. The minimum Gasteiger partial charge on any atom is -0.478 e. The van der Waals surface area contributed by atoms with Crippen LogP contribution in [0.25, 0.3) is 0 Å². The molecule has 2 N–H and O–H groups in total. The fourth-order valence-electron chi connectivity index (χ4n) is 2.24. The quantitative estimate of drug-likeness (QED) is 0.903. The zero-order valence-corrected chi connectivity index (χ0v) is 11.6. The Labute approximate surface area is 122 Å². The molecule has 3 rings (SSSR count). The van der Waals surface area contributed by atoms with Crippen molar-refractivity contribution >= 4 is 11.7 Å². The largest absolute Gasteiger partial charge is 0.478 e. The predicted octanol–water partition coefficient (Wildman–Crippen LogP) is 3.03. The summed E-state index contributed by atoms with van der Waals surface area (Å²) in [6.07, 6.45) is 0. The van der Waals surface area contributed by atoms with Gasteiger partial charge in [0.1, 0.15) is 0 Å². The van der Waals surface area contributed by atoms with Crippen molar-refractivity contribution < 1.29 is 19.4 Å². The van der Waals surface area contributed by atoms with E-state index in [-0.39, 0.29) is 12.4 Å². The van der Waals surface area contributed by atoms with Gasteiger partial charge in [-0.25, -0.2) is 4.79 Å². The molecule has 1 heterocycles. The Balaban J connectivity index is 1.78. The van der Waals surface area contributed by atoms with Crippen molar-refractivity contribution in [2.45, 2.75) is 13.5 Å². The first kappa shape index (κ1) is 13.3. The van der Waals surface area contributed by atoms with Gasteiger partial charge in [0.25, 0.3) is 0 Å². The molecule has 0 atom stereocenters. The smallest absolute Gasteiger partial charge is 0.337 e. The maximum atomic E-state index is 11.2. The van der Waals surface area contributed by atoms with Crippen LogP contribution in [0.5, 0.6) is 11.5 Å². The second-order valence-corrected chi connectivity index (χ2v) is 4.90. The van der Waals surface area contributed by atoms with Gasteiger partial charge in [0.2, 0.25) is 6.79 Å². The third-order valence-electron chi connectivity index (χ3n) is 3.33. The Hall–Kier alpha value is -2.69. The third-order valence-corrected chi connectivity index (χ3v) is 3.33. The summed E-state index contributed by atoms with van der Waals surface area (Å²) in [7, 11) is 0. The molecule has 0 amide bonds. The van der Waals surface area contributed by atoms with E-state index in [4.69, 9.17) is 9.47 Å². The second-order valence-electron chi connectivity index (χ2n) is 4.90. The molecule has 2 aromatic carbocycles. The van der Waals surface area contributed by atoms with Crippen LogP contribution in [0.1, 0.15) is 21.5 Å². The lowest BCUT2D eigenvalue weighted by Crippen LogP contribution is -2.06. The number of anilines is 1.